The number of ether oxygens (including phenoxy) is 2. The fourth-order valence-corrected chi connectivity index (χ4v) is 4.53. The molecule has 1 amide bonds. The van der Waals surface area contributed by atoms with Gasteiger partial charge in [-0.1, -0.05) is 41.9 Å². The molecule has 0 saturated carbocycles. The zero-order valence-electron chi connectivity index (χ0n) is 15.2. The number of para-hydroxylation sites is 1. The molecule has 28 heavy (non-hydrogen) atoms. The minimum absolute atomic E-state index is 0.0469. The lowest BCUT2D eigenvalue weighted by molar-refractivity contribution is -0.115. The monoisotopic (exact) mass is 411 g/mol. The Labute approximate surface area is 173 Å². The first-order valence-corrected chi connectivity index (χ1v) is 10.2. The van der Waals surface area contributed by atoms with Crippen molar-refractivity contribution >= 4 is 35.0 Å². The maximum Gasteiger partial charge on any atom is 0.238 e. The van der Waals surface area contributed by atoms with E-state index in [2.05, 4.69) is 0 Å². The van der Waals surface area contributed by atoms with E-state index in [0.717, 1.165) is 22.7 Å². The van der Waals surface area contributed by atoms with E-state index in [1.165, 1.54) is 0 Å². The average Bonchev–Trinajstić information content (AvgIpc) is 3.10. The predicted octanol–water partition coefficient (Wildman–Crippen LogP) is 5.92. The molecule has 0 aromatic heterocycles. The second kappa shape index (κ2) is 8.17. The Balaban J connectivity index is 1.63. The van der Waals surface area contributed by atoms with Crippen LogP contribution in [0.4, 0.5) is 5.69 Å². The van der Waals surface area contributed by atoms with Crippen molar-refractivity contribution in [2.75, 3.05) is 17.8 Å². The molecule has 1 fully saturated rings. The lowest BCUT2D eigenvalue weighted by atomic mass is 10.1. The molecule has 1 heterocycles. The minimum Gasteiger partial charge on any atom is -0.495 e. The number of anilines is 1. The molecule has 1 aliphatic rings. The molecule has 4 rings (SSSR count). The third-order valence-corrected chi connectivity index (χ3v) is 5.91. The Bertz CT molecular complexity index is 996. The van der Waals surface area contributed by atoms with E-state index in [1.807, 2.05) is 60.7 Å². The third kappa shape index (κ3) is 3.81. The van der Waals surface area contributed by atoms with E-state index < -0.39 is 0 Å². The summed E-state index contributed by atoms with van der Waals surface area (Å²) < 4.78 is 11.2. The van der Waals surface area contributed by atoms with Gasteiger partial charge in [-0.25, -0.2) is 0 Å². The topological polar surface area (TPSA) is 38.8 Å². The van der Waals surface area contributed by atoms with Gasteiger partial charge in [0.25, 0.3) is 0 Å². The first-order chi connectivity index (χ1) is 13.7. The van der Waals surface area contributed by atoms with Crippen LogP contribution in [0.2, 0.25) is 5.02 Å². The van der Waals surface area contributed by atoms with Crippen molar-refractivity contribution in [3.8, 4) is 17.2 Å². The molecule has 6 heteroatoms. The minimum atomic E-state index is -0.142. The van der Waals surface area contributed by atoms with Crippen LogP contribution in [0.15, 0.2) is 72.8 Å². The van der Waals surface area contributed by atoms with Crippen molar-refractivity contribution in [2.45, 2.75) is 5.37 Å². The van der Waals surface area contributed by atoms with Crippen LogP contribution in [0.1, 0.15) is 10.9 Å². The Morgan fingerprint density at radius 1 is 1.00 bits per heavy atom. The number of amides is 1. The van der Waals surface area contributed by atoms with E-state index in [9.17, 15) is 4.79 Å². The second-order valence-electron chi connectivity index (χ2n) is 6.23. The van der Waals surface area contributed by atoms with Gasteiger partial charge < -0.3 is 9.47 Å². The van der Waals surface area contributed by atoms with Crippen molar-refractivity contribution in [1.82, 2.24) is 0 Å². The molecule has 0 bridgehead atoms. The Hall–Kier alpha value is -2.63. The lowest BCUT2D eigenvalue weighted by Crippen LogP contribution is -2.27. The van der Waals surface area contributed by atoms with Gasteiger partial charge in [0, 0.05) is 5.69 Å². The number of halogens is 1. The fourth-order valence-electron chi connectivity index (χ4n) is 3.11. The van der Waals surface area contributed by atoms with E-state index in [0.29, 0.717) is 16.5 Å². The molecule has 0 unspecified atom stereocenters. The number of methoxy groups -OCH3 is 1. The first-order valence-electron chi connectivity index (χ1n) is 8.76. The van der Waals surface area contributed by atoms with E-state index in [1.54, 1.807) is 35.9 Å². The van der Waals surface area contributed by atoms with Gasteiger partial charge >= 0.3 is 0 Å². The number of hydrogen-bond acceptors (Lipinski definition) is 4. The number of nitrogens with zero attached hydrogens (tertiary/aromatic N) is 1. The van der Waals surface area contributed by atoms with Gasteiger partial charge in [-0.3, -0.25) is 9.69 Å². The standard InChI is InChI=1S/C22H18ClNO3S/c1-26-20-11-10-16(13-19(20)23)24-21(25)14-28-22(24)15-6-5-9-18(12-15)27-17-7-3-2-4-8-17/h2-13,22H,14H2,1H3/t22-/m1/s1. The molecule has 0 radical (unpaired) electrons. The maximum absolute atomic E-state index is 12.6. The zero-order chi connectivity index (χ0) is 19.5. The number of thioether (sulfide) groups is 1. The van der Waals surface area contributed by atoms with Crippen LogP contribution in [0.25, 0.3) is 0 Å². The van der Waals surface area contributed by atoms with Crippen molar-refractivity contribution in [1.29, 1.82) is 0 Å². The van der Waals surface area contributed by atoms with Crippen molar-refractivity contribution in [3.05, 3.63) is 83.4 Å². The normalized spacial score (nSPS) is 16.3. The highest BCUT2D eigenvalue weighted by molar-refractivity contribution is 8.00. The predicted molar refractivity (Wildman–Crippen MR) is 114 cm³/mol. The summed E-state index contributed by atoms with van der Waals surface area (Å²) in [6, 6.07) is 22.9. The average molecular weight is 412 g/mol. The SMILES string of the molecule is COc1ccc(N2C(=O)CS[C@@H]2c2cccc(Oc3ccccc3)c2)cc1Cl. The van der Waals surface area contributed by atoms with Gasteiger partial charge in [-0.15, -0.1) is 11.8 Å². The summed E-state index contributed by atoms with van der Waals surface area (Å²) in [5.41, 5.74) is 1.75. The van der Waals surface area contributed by atoms with Crippen LogP contribution in [0, 0.1) is 0 Å². The summed E-state index contributed by atoms with van der Waals surface area (Å²) in [5, 5.41) is 0.334. The van der Waals surface area contributed by atoms with Crippen LogP contribution in [-0.4, -0.2) is 18.8 Å². The number of rotatable bonds is 5. The maximum atomic E-state index is 12.6. The first kappa shape index (κ1) is 18.7. The summed E-state index contributed by atoms with van der Waals surface area (Å²) >= 11 is 7.86. The number of carbonyl (C=O) groups is 1. The Kier molecular flexibility index (Phi) is 5.46. The summed E-state index contributed by atoms with van der Waals surface area (Å²) in [5.74, 6) is 2.55. The van der Waals surface area contributed by atoms with Crippen LogP contribution >= 0.6 is 23.4 Å². The molecule has 0 aliphatic carbocycles. The summed E-state index contributed by atoms with van der Waals surface area (Å²) in [4.78, 5) is 14.4. The van der Waals surface area contributed by atoms with Gasteiger partial charge in [0.2, 0.25) is 5.91 Å². The Morgan fingerprint density at radius 3 is 2.54 bits per heavy atom. The molecule has 3 aromatic carbocycles. The van der Waals surface area contributed by atoms with E-state index in [4.69, 9.17) is 21.1 Å². The van der Waals surface area contributed by atoms with E-state index >= 15 is 0 Å². The van der Waals surface area contributed by atoms with Gasteiger partial charge in [0.15, 0.2) is 0 Å². The molecule has 1 atom stereocenters. The fraction of sp³-hybridized carbons (Fsp3) is 0.136. The molecule has 3 aromatic rings. The highest BCUT2D eigenvalue weighted by atomic mass is 35.5. The Morgan fingerprint density at radius 2 is 1.79 bits per heavy atom. The number of benzene rings is 3. The highest BCUT2D eigenvalue weighted by Crippen LogP contribution is 2.44. The van der Waals surface area contributed by atoms with Gasteiger partial charge in [-0.2, -0.15) is 0 Å². The van der Waals surface area contributed by atoms with Crippen molar-refractivity contribution < 1.29 is 14.3 Å². The lowest BCUT2D eigenvalue weighted by Gasteiger charge is -2.25. The summed E-state index contributed by atoms with van der Waals surface area (Å²) in [7, 11) is 1.57. The number of carbonyl (C=O) groups excluding carboxylic acids is 1. The summed E-state index contributed by atoms with van der Waals surface area (Å²) in [6.45, 7) is 0. The van der Waals surface area contributed by atoms with Crippen LogP contribution < -0.4 is 14.4 Å². The molecule has 1 saturated heterocycles. The molecular formula is C22H18ClNO3S. The molecule has 4 nitrogen and oxygen atoms in total. The van der Waals surface area contributed by atoms with Crippen molar-refractivity contribution in [3.63, 3.8) is 0 Å². The number of hydrogen-bond donors (Lipinski definition) is 0. The van der Waals surface area contributed by atoms with Crippen LogP contribution in [-0.2, 0) is 4.79 Å². The van der Waals surface area contributed by atoms with Gasteiger partial charge in [0.1, 0.15) is 22.6 Å². The van der Waals surface area contributed by atoms with E-state index in [-0.39, 0.29) is 11.3 Å². The van der Waals surface area contributed by atoms with Crippen LogP contribution in [0.3, 0.4) is 0 Å². The second-order valence-corrected chi connectivity index (χ2v) is 7.71. The van der Waals surface area contributed by atoms with Crippen LogP contribution in [0.5, 0.6) is 17.2 Å². The highest BCUT2D eigenvalue weighted by Gasteiger charge is 2.34. The largest absolute Gasteiger partial charge is 0.495 e. The molecule has 142 valence electrons. The third-order valence-electron chi connectivity index (χ3n) is 4.40. The molecular weight excluding hydrogens is 394 g/mol. The molecule has 1 aliphatic heterocycles. The van der Waals surface area contributed by atoms with Gasteiger partial charge in [0.05, 0.1) is 17.9 Å². The quantitative estimate of drug-likeness (QED) is 0.522. The van der Waals surface area contributed by atoms with Crippen molar-refractivity contribution in [2.24, 2.45) is 0 Å². The molecule has 0 spiro atoms. The zero-order valence-corrected chi connectivity index (χ0v) is 16.7. The molecule has 0 N–H and O–H groups in total. The van der Waals surface area contributed by atoms with Gasteiger partial charge in [-0.05, 0) is 48.0 Å². The smallest absolute Gasteiger partial charge is 0.238 e. The summed E-state index contributed by atoms with van der Waals surface area (Å²) in [6.07, 6.45) is 0.